The number of fused-ring (bicyclic) bond motifs is 2. The number of ether oxygens (including phenoxy) is 1. The van der Waals surface area contributed by atoms with E-state index in [1.165, 1.54) is 11.8 Å². The zero-order valence-electron chi connectivity index (χ0n) is 19.6. The van der Waals surface area contributed by atoms with Crippen LogP contribution in [0.5, 0.6) is 0 Å². The average Bonchev–Trinajstić information content (AvgIpc) is 3.15. The average molecular weight is 479 g/mol. The molecule has 9 heteroatoms. The van der Waals surface area contributed by atoms with Gasteiger partial charge in [-0.25, -0.2) is 14.8 Å². The second-order valence-corrected chi connectivity index (χ2v) is 8.14. The second kappa shape index (κ2) is 9.30. The maximum Gasteiger partial charge on any atom is 0.337 e. The van der Waals surface area contributed by atoms with Gasteiger partial charge in [0.25, 0.3) is 5.91 Å². The number of methoxy groups -OCH3 is 1. The number of rotatable bonds is 5. The largest absolute Gasteiger partial charge is 0.465 e. The lowest BCUT2D eigenvalue weighted by Crippen LogP contribution is -2.14. The molecular formula is C27H22N6O3. The smallest absolute Gasteiger partial charge is 0.337 e. The predicted molar refractivity (Wildman–Crippen MR) is 139 cm³/mol. The SMILES string of the molecule is COC(=O)c1ccc(/C=N/n2c(N)c(C(=O)Nc3cccc(C)c3)c3nc4ccccc4nc32)cc1. The van der Waals surface area contributed by atoms with Crippen molar-refractivity contribution in [2.24, 2.45) is 5.10 Å². The summed E-state index contributed by atoms with van der Waals surface area (Å²) in [6.07, 6.45) is 1.57. The number of amides is 1. The van der Waals surface area contributed by atoms with Gasteiger partial charge in [-0.1, -0.05) is 36.4 Å². The van der Waals surface area contributed by atoms with Crippen molar-refractivity contribution in [3.8, 4) is 0 Å². The van der Waals surface area contributed by atoms with E-state index in [0.717, 1.165) is 5.56 Å². The minimum atomic E-state index is -0.425. The highest BCUT2D eigenvalue weighted by Crippen LogP contribution is 2.28. The molecule has 9 nitrogen and oxygen atoms in total. The van der Waals surface area contributed by atoms with E-state index in [4.69, 9.17) is 10.5 Å². The third-order valence-electron chi connectivity index (χ3n) is 5.63. The molecule has 0 aliphatic carbocycles. The fourth-order valence-corrected chi connectivity index (χ4v) is 3.85. The molecule has 0 aliphatic heterocycles. The summed E-state index contributed by atoms with van der Waals surface area (Å²) in [5.74, 6) is -0.734. The molecule has 0 radical (unpaired) electrons. The van der Waals surface area contributed by atoms with E-state index in [1.54, 1.807) is 36.5 Å². The van der Waals surface area contributed by atoms with E-state index >= 15 is 0 Å². The van der Waals surface area contributed by atoms with Crippen molar-refractivity contribution in [2.45, 2.75) is 6.92 Å². The minimum Gasteiger partial charge on any atom is -0.465 e. The van der Waals surface area contributed by atoms with Crippen LogP contribution >= 0.6 is 0 Å². The number of benzene rings is 3. The molecule has 0 atom stereocenters. The Morgan fingerprint density at radius 1 is 1.00 bits per heavy atom. The summed E-state index contributed by atoms with van der Waals surface area (Å²) in [7, 11) is 1.33. The Bertz CT molecular complexity index is 1650. The molecule has 2 heterocycles. The Balaban J connectivity index is 1.60. The molecule has 5 rings (SSSR count). The first-order valence-corrected chi connectivity index (χ1v) is 11.1. The Morgan fingerprint density at radius 2 is 1.72 bits per heavy atom. The number of carbonyl (C=O) groups is 2. The van der Waals surface area contributed by atoms with Crippen LogP contribution in [0.25, 0.3) is 22.2 Å². The Kier molecular flexibility index (Phi) is 5.87. The summed E-state index contributed by atoms with van der Waals surface area (Å²) in [5.41, 5.74) is 11.4. The van der Waals surface area contributed by atoms with Gasteiger partial charge in [0.1, 0.15) is 16.9 Å². The summed E-state index contributed by atoms with van der Waals surface area (Å²) < 4.78 is 6.13. The molecule has 178 valence electrons. The number of nitrogen functional groups attached to an aromatic ring is 1. The van der Waals surface area contributed by atoms with Crippen molar-refractivity contribution in [3.63, 3.8) is 0 Å². The Labute approximate surface area is 206 Å². The quantitative estimate of drug-likeness (QED) is 0.285. The number of anilines is 2. The van der Waals surface area contributed by atoms with Gasteiger partial charge < -0.3 is 15.8 Å². The highest BCUT2D eigenvalue weighted by atomic mass is 16.5. The molecule has 1 amide bonds. The fraction of sp³-hybridized carbons (Fsp3) is 0.0741. The van der Waals surface area contributed by atoms with Gasteiger partial charge in [-0.2, -0.15) is 9.78 Å². The van der Waals surface area contributed by atoms with Crippen molar-refractivity contribution < 1.29 is 14.3 Å². The number of carbonyl (C=O) groups excluding carboxylic acids is 2. The summed E-state index contributed by atoms with van der Waals surface area (Å²) >= 11 is 0. The van der Waals surface area contributed by atoms with Gasteiger partial charge in [0.15, 0.2) is 5.65 Å². The van der Waals surface area contributed by atoms with E-state index in [-0.39, 0.29) is 11.4 Å². The summed E-state index contributed by atoms with van der Waals surface area (Å²) in [4.78, 5) is 34.4. The number of para-hydroxylation sites is 2. The maximum atomic E-state index is 13.3. The minimum absolute atomic E-state index is 0.105. The number of nitrogens with two attached hydrogens (primary N) is 1. The molecular weight excluding hydrogens is 456 g/mol. The Morgan fingerprint density at radius 3 is 2.42 bits per heavy atom. The topological polar surface area (TPSA) is 124 Å². The van der Waals surface area contributed by atoms with Gasteiger partial charge in [-0.05, 0) is 54.4 Å². The zero-order chi connectivity index (χ0) is 25.2. The second-order valence-electron chi connectivity index (χ2n) is 8.14. The molecule has 0 saturated heterocycles. The maximum absolute atomic E-state index is 13.3. The standard InChI is InChI=1S/C27H22N6O3/c1-16-6-5-7-19(14-16)30-26(34)22-23-25(32-21-9-4-3-8-20(21)31-23)33(24(22)28)29-15-17-10-12-18(13-11-17)27(35)36-2/h3-15H,28H2,1-2H3,(H,30,34)/b29-15+. The Hall–Kier alpha value is -5.05. The molecule has 3 N–H and O–H groups in total. The van der Waals surface area contributed by atoms with Crippen LogP contribution < -0.4 is 11.1 Å². The number of aromatic nitrogens is 3. The third-order valence-corrected chi connectivity index (χ3v) is 5.63. The van der Waals surface area contributed by atoms with Crippen LogP contribution in [0.1, 0.15) is 31.8 Å². The lowest BCUT2D eigenvalue weighted by Gasteiger charge is -2.06. The first-order valence-electron chi connectivity index (χ1n) is 11.1. The van der Waals surface area contributed by atoms with Gasteiger partial charge in [-0.3, -0.25) is 4.79 Å². The summed E-state index contributed by atoms with van der Waals surface area (Å²) in [5, 5.41) is 7.39. The molecule has 36 heavy (non-hydrogen) atoms. The number of esters is 1. The molecule has 0 unspecified atom stereocenters. The van der Waals surface area contributed by atoms with Gasteiger partial charge in [-0.15, -0.1) is 0 Å². The van der Waals surface area contributed by atoms with E-state index in [9.17, 15) is 9.59 Å². The first-order chi connectivity index (χ1) is 17.4. The number of nitrogens with zero attached hydrogens (tertiary/aromatic N) is 4. The number of hydrogen-bond acceptors (Lipinski definition) is 7. The monoisotopic (exact) mass is 478 g/mol. The van der Waals surface area contributed by atoms with Crippen LogP contribution in [0, 0.1) is 6.92 Å². The van der Waals surface area contributed by atoms with Crippen molar-refractivity contribution in [2.75, 3.05) is 18.2 Å². The highest BCUT2D eigenvalue weighted by molar-refractivity contribution is 6.16. The first kappa shape index (κ1) is 22.7. The number of hydrogen-bond donors (Lipinski definition) is 2. The number of aryl methyl sites for hydroxylation is 1. The molecule has 0 spiro atoms. The zero-order valence-corrected chi connectivity index (χ0v) is 19.6. The van der Waals surface area contributed by atoms with E-state index < -0.39 is 11.9 Å². The summed E-state index contributed by atoms with van der Waals surface area (Å²) in [6.45, 7) is 1.94. The molecule has 2 aromatic heterocycles. The molecule has 3 aromatic carbocycles. The normalized spacial score (nSPS) is 11.3. The molecule has 0 bridgehead atoms. The fourth-order valence-electron chi connectivity index (χ4n) is 3.85. The van der Waals surface area contributed by atoms with Crippen LogP contribution in [-0.2, 0) is 4.74 Å². The molecule has 0 saturated carbocycles. The van der Waals surface area contributed by atoms with Gasteiger partial charge in [0.2, 0.25) is 0 Å². The van der Waals surface area contributed by atoms with Crippen LogP contribution in [0.15, 0.2) is 77.9 Å². The van der Waals surface area contributed by atoms with Crippen molar-refractivity contribution >= 4 is 51.8 Å². The lowest BCUT2D eigenvalue weighted by molar-refractivity contribution is 0.0600. The van der Waals surface area contributed by atoms with E-state index in [2.05, 4.69) is 20.4 Å². The summed E-state index contributed by atoms with van der Waals surface area (Å²) in [6, 6.07) is 21.6. The highest BCUT2D eigenvalue weighted by Gasteiger charge is 2.24. The van der Waals surface area contributed by atoms with Crippen molar-refractivity contribution in [1.29, 1.82) is 0 Å². The van der Waals surface area contributed by atoms with Gasteiger partial charge in [0.05, 0.1) is 29.9 Å². The third kappa shape index (κ3) is 4.25. The van der Waals surface area contributed by atoms with E-state index in [0.29, 0.717) is 39.0 Å². The number of nitrogens with one attached hydrogen (secondary N) is 1. The van der Waals surface area contributed by atoms with E-state index in [1.807, 2.05) is 49.4 Å². The van der Waals surface area contributed by atoms with Gasteiger partial charge in [0, 0.05) is 5.69 Å². The molecule has 0 aliphatic rings. The molecule has 0 fully saturated rings. The van der Waals surface area contributed by atoms with Crippen LogP contribution in [0.2, 0.25) is 0 Å². The predicted octanol–water partition coefficient (Wildman–Crippen LogP) is 4.40. The molecule has 5 aromatic rings. The van der Waals surface area contributed by atoms with Crippen LogP contribution in [0.4, 0.5) is 11.5 Å². The van der Waals surface area contributed by atoms with Gasteiger partial charge >= 0.3 is 5.97 Å². The van der Waals surface area contributed by atoms with Crippen molar-refractivity contribution in [1.82, 2.24) is 14.6 Å². The van der Waals surface area contributed by atoms with Crippen molar-refractivity contribution in [3.05, 3.63) is 95.1 Å². The van der Waals surface area contributed by atoms with Crippen LogP contribution in [0.3, 0.4) is 0 Å². The van der Waals surface area contributed by atoms with Crippen LogP contribution in [-0.4, -0.2) is 39.8 Å². The lowest BCUT2D eigenvalue weighted by atomic mass is 10.1.